The van der Waals surface area contributed by atoms with Gasteiger partial charge in [0, 0.05) is 23.2 Å². The van der Waals surface area contributed by atoms with Gasteiger partial charge in [0.1, 0.15) is 5.01 Å². The van der Waals surface area contributed by atoms with Crippen LogP contribution in [0.2, 0.25) is 0 Å². The highest BCUT2D eigenvalue weighted by Gasteiger charge is 2.42. The molecule has 2 saturated heterocycles. The molecule has 98 valence electrons. The van der Waals surface area contributed by atoms with Crippen LogP contribution in [0.3, 0.4) is 0 Å². The predicted octanol–water partition coefficient (Wildman–Crippen LogP) is 1.77. The lowest BCUT2D eigenvalue weighted by atomic mass is 9.88. The Morgan fingerprint density at radius 1 is 1.61 bits per heavy atom. The molecule has 1 aromatic heterocycles. The van der Waals surface area contributed by atoms with Gasteiger partial charge in [0.15, 0.2) is 0 Å². The average molecular weight is 265 g/mol. The summed E-state index contributed by atoms with van der Waals surface area (Å²) in [6.07, 6.45) is 5.24. The van der Waals surface area contributed by atoms with E-state index < -0.39 is 0 Å². The molecule has 4 nitrogen and oxygen atoms in total. The smallest absolute Gasteiger partial charge is 0.225 e. The van der Waals surface area contributed by atoms with Crippen LogP contribution in [-0.4, -0.2) is 23.0 Å². The van der Waals surface area contributed by atoms with Crippen LogP contribution in [0.5, 0.6) is 0 Å². The number of hydrogen-bond acceptors (Lipinski definition) is 4. The van der Waals surface area contributed by atoms with Crippen LogP contribution >= 0.6 is 11.3 Å². The van der Waals surface area contributed by atoms with Gasteiger partial charge in [0.25, 0.3) is 0 Å². The van der Waals surface area contributed by atoms with Crippen LogP contribution in [0.25, 0.3) is 0 Å². The van der Waals surface area contributed by atoms with Gasteiger partial charge < -0.3 is 10.6 Å². The van der Waals surface area contributed by atoms with Gasteiger partial charge in [-0.25, -0.2) is 4.98 Å². The zero-order valence-corrected chi connectivity index (χ0v) is 11.6. The fourth-order valence-corrected chi connectivity index (χ4v) is 3.84. The summed E-state index contributed by atoms with van der Waals surface area (Å²) in [5.41, 5.74) is 0. The van der Waals surface area contributed by atoms with E-state index in [1.54, 1.807) is 11.3 Å². The Balaban J connectivity index is 1.61. The highest BCUT2D eigenvalue weighted by atomic mass is 32.1. The Bertz CT molecular complexity index is 459. The fourth-order valence-electron chi connectivity index (χ4n) is 3.07. The minimum absolute atomic E-state index is 0.0235. The minimum Gasteiger partial charge on any atom is -0.347 e. The normalized spacial score (nSPS) is 31.6. The summed E-state index contributed by atoms with van der Waals surface area (Å²) in [6, 6.07) is 0.999. The second-order valence-corrected chi connectivity index (χ2v) is 6.70. The molecule has 2 fully saturated rings. The number of amides is 1. The summed E-state index contributed by atoms with van der Waals surface area (Å²) in [5.74, 6) is 0.349. The summed E-state index contributed by atoms with van der Waals surface area (Å²) in [7, 11) is 0. The third kappa shape index (κ3) is 2.17. The Labute approximate surface area is 111 Å². The molecule has 1 amide bonds. The molecule has 0 saturated carbocycles. The van der Waals surface area contributed by atoms with Crippen LogP contribution in [0.15, 0.2) is 6.20 Å². The Kier molecular flexibility index (Phi) is 3.11. The van der Waals surface area contributed by atoms with E-state index in [4.69, 9.17) is 0 Å². The van der Waals surface area contributed by atoms with E-state index in [-0.39, 0.29) is 17.9 Å². The number of aryl methyl sites for hydroxylation is 1. The summed E-state index contributed by atoms with van der Waals surface area (Å²) in [6.45, 7) is 4.05. The zero-order chi connectivity index (χ0) is 12.7. The molecule has 0 aromatic carbocycles. The number of nitrogens with zero attached hydrogens (tertiary/aromatic N) is 1. The number of carbonyl (C=O) groups excluding carboxylic acids is 1. The number of thiazole rings is 1. The van der Waals surface area contributed by atoms with Gasteiger partial charge in [-0.15, -0.1) is 11.3 Å². The predicted molar refractivity (Wildman–Crippen MR) is 71.5 cm³/mol. The Morgan fingerprint density at radius 3 is 3.00 bits per heavy atom. The van der Waals surface area contributed by atoms with Crippen molar-refractivity contribution in [3.63, 3.8) is 0 Å². The lowest BCUT2D eigenvalue weighted by Gasteiger charge is -2.21. The molecule has 4 unspecified atom stereocenters. The van der Waals surface area contributed by atoms with Gasteiger partial charge in [-0.1, -0.05) is 0 Å². The van der Waals surface area contributed by atoms with Gasteiger partial charge in [-0.3, -0.25) is 4.79 Å². The second-order valence-electron chi connectivity index (χ2n) is 5.43. The fraction of sp³-hybridized carbons (Fsp3) is 0.692. The first kappa shape index (κ1) is 12.1. The molecule has 5 heteroatoms. The molecule has 2 aliphatic heterocycles. The lowest BCUT2D eigenvalue weighted by molar-refractivity contribution is -0.126. The molecule has 1 aromatic rings. The van der Waals surface area contributed by atoms with Crippen molar-refractivity contribution in [2.75, 3.05) is 0 Å². The van der Waals surface area contributed by atoms with Gasteiger partial charge in [-0.2, -0.15) is 0 Å². The minimum atomic E-state index is 0.0235. The van der Waals surface area contributed by atoms with Crippen molar-refractivity contribution in [2.24, 2.45) is 5.92 Å². The van der Waals surface area contributed by atoms with E-state index in [2.05, 4.69) is 15.6 Å². The maximum Gasteiger partial charge on any atom is 0.225 e. The molecule has 0 radical (unpaired) electrons. The molecule has 3 rings (SSSR count). The van der Waals surface area contributed by atoms with E-state index >= 15 is 0 Å². The van der Waals surface area contributed by atoms with Gasteiger partial charge >= 0.3 is 0 Å². The Hall–Kier alpha value is -0.940. The molecule has 2 N–H and O–H groups in total. The number of aromatic nitrogens is 1. The van der Waals surface area contributed by atoms with E-state index in [0.717, 1.165) is 17.8 Å². The van der Waals surface area contributed by atoms with Crippen LogP contribution in [0.4, 0.5) is 0 Å². The van der Waals surface area contributed by atoms with Crippen molar-refractivity contribution in [3.05, 3.63) is 16.1 Å². The quantitative estimate of drug-likeness (QED) is 0.876. The maximum absolute atomic E-state index is 12.3. The van der Waals surface area contributed by atoms with Crippen molar-refractivity contribution in [3.8, 4) is 0 Å². The first-order valence-electron chi connectivity index (χ1n) is 6.62. The third-order valence-electron chi connectivity index (χ3n) is 4.01. The van der Waals surface area contributed by atoms with Gasteiger partial charge in [0.05, 0.1) is 12.0 Å². The largest absolute Gasteiger partial charge is 0.347 e. The Morgan fingerprint density at radius 2 is 2.44 bits per heavy atom. The molecule has 2 bridgehead atoms. The lowest BCUT2D eigenvalue weighted by Crippen LogP contribution is -2.38. The van der Waals surface area contributed by atoms with Crippen molar-refractivity contribution in [2.45, 2.75) is 51.2 Å². The summed E-state index contributed by atoms with van der Waals surface area (Å²) >= 11 is 1.65. The standard InChI is InChI=1S/C13H19N3OS/c1-7-6-14-13(18-7)8(2)15-12(17)10-5-9-3-4-11(10)16-9/h6,8-11,16H,3-5H2,1-2H3,(H,15,17). The van der Waals surface area contributed by atoms with Crippen molar-refractivity contribution in [1.29, 1.82) is 0 Å². The summed E-state index contributed by atoms with van der Waals surface area (Å²) in [4.78, 5) is 17.8. The van der Waals surface area contributed by atoms with E-state index in [9.17, 15) is 4.79 Å². The first-order chi connectivity index (χ1) is 8.63. The number of rotatable bonds is 3. The van der Waals surface area contributed by atoms with E-state index in [1.165, 1.54) is 11.3 Å². The topological polar surface area (TPSA) is 54.0 Å². The van der Waals surface area contributed by atoms with Crippen molar-refractivity contribution >= 4 is 17.2 Å². The highest BCUT2D eigenvalue weighted by molar-refractivity contribution is 7.11. The molecule has 4 atom stereocenters. The molecule has 18 heavy (non-hydrogen) atoms. The number of fused-ring (bicyclic) bond motifs is 2. The van der Waals surface area contributed by atoms with Crippen molar-refractivity contribution < 1.29 is 4.79 Å². The monoisotopic (exact) mass is 265 g/mol. The van der Waals surface area contributed by atoms with E-state index in [1.807, 2.05) is 20.0 Å². The van der Waals surface area contributed by atoms with E-state index in [0.29, 0.717) is 12.1 Å². The highest BCUT2D eigenvalue weighted by Crippen LogP contribution is 2.33. The molecule has 0 spiro atoms. The zero-order valence-electron chi connectivity index (χ0n) is 10.8. The van der Waals surface area contributed by atoms with Crippen LogP contribution in [0, 0.1) is 12.8 Å². The molecule has 3 heterocycles. The molecular formula is C13H19N3OS. The third-order valence-corrected chi connectivity index (χ3v) is 5.10. The number of hydrogen-bond donors (Lipinski definition) is 2. The van der Waals surface area contributed by atoms with Gasteiger partial charge in [0.2, 0.25) is 5.91 Å². The summed E-state index contributed by atoms with van der Waals surface area (Å²) < 4.78 is 0. The molecular weight excluding hydrogens is 246 g/mol. The number of carbonyl (C=O) groups is 1. The summed E-state index contributed by atoms with van der Waals surface area (Å²) in [5, 5.41) is 7.60. The molecule has 2 aliphatic rings. The first-order valence-corrected chi connectivity index (χ1v) is 7.44. The van der Waals surface area contributed by atoms with Crippen molar-refractivity contribution in [1.82, 2.24) is 15.6 Å². The average Bonchev–Trinajstić information content (AvgIpc) is 3.03. The molecule has 0 aliphatic carbocycles. The van der Waals surface area contributed by atoms with Crippen LogP contribution < -0.4 is 10.6 Å². The van der Waals surface area contributed by atoms with Crippen LogP contribution in [-0.2, 0) is 4.79 Å². The van der Waals surface area contributed by atoms with Crippen LogP contribution in [0.1, 0.15) is 42.1 Å². The SMILES string of the molecule is Cc1cnc(C(C)NC(=O)C2CC3CCC2N3)s1. The second kappa shape index (κ2) is 4.63. The number of nitrogens with one attached hydrogen (secondary N) is 2. The maximum atomic E-state index is 12.3. The van der Waals surface area contributed by atoms with Gasteiger partial charge in [-0.05, 0) is 33.1 Å².